The third kappa shape index (κ3) is 10.2. The fraction of sp³-hybridized carbons (Fsp3) is 1.00. The molecular weight excluding hydrogens is 186 g/mol. The van der Waals surface area contributed by atoms with E-state index in [4.69, 9.17) is 4.74 Å². The fourth-order valence-corrected chi connectivity index (χ4v) is 1.56. The van der Waals surface area contributed by atoms with E-state index in [0.29, 0.717) is 12.0 Å². The van der Waals surface area contributed by atoms with E-state index < -0.39 is 0 Å². The summed E-state index contributed by atoms with van der Waals surface area (Å²) in [5.74, 6) is 0.710. The molecule has 0 aliphatic rings. The van der Waals surface area contributed by atoms with E-state index >= 15 is 0 Å². The van der Waals surface area contributed by atoms with Crippen molar-refractivity contribution < 1.29 is 4.74 Å². The summed E-state index contributed by atoms with van der Waals surface area (Å²) in [4.78, 5) is 0. The molecule has 1 unspecified atom stereocenters. The smallest absolute Gasteiger partial charge is 0.0706 e. The van der Waals surface area contributed by atoms with Crippen LogP contribution in [0.25, 0.3) is 0 Å². The maximum atomic E-state index is 6.00. The number of rotatable bonds is 7. The molecule has 0 saturated heterocycles. The Labute approximate surface area is 95.8 Å². The van der Waals surface area contributed by atoms with Gasteiger partial charge in [-0.2, -0.15) is 0 Å². The first-order chi connectivity index (χ1) is 6.85. The zero-order valence-electron chi connectivity index (χ0n) is 11.4. The van der Waals surface area contributed by atoms with Crippen molar-refractivity contribution in [2.75, 3.05) is 13.1 Å². The SMILES string of the molecule is CCCC(CNCC(C)C)OC(C)(C)C. The Balaban J connectivity index is 3.83. The monoisotopic (exact) mass is 215 g/mol. The predicted molar refractivity (Wildman–Crippen MR) is 67.2 cm³/mol. The Morgan fingerprint density at radius 1 is 1.13 bits per heavy atom. The number of ether oxygens (including phenoxy) is 1. The average molecular weight is 215 g/mol. The Morgan fingerprint density at radius 2 is 1.73 bits per heavy atom. The molecule has 0 rings (SSSR count). The summed E-state index contributed by atoms with van der Waals surface area (Å²) < 4.78 is 6.00. The first-order valence-corrected chi connectivity index (χ1v) is 6.23. The minimum atomic E-state index is -0.0284. The van der Waals surface area contributed by atoms with E-state index in [2.05, 4.69) is 46.9 Å². The summed E-state index contributed by atoms with van der Waals surface area (Å²) >= 11 is 0. The molecule has 0 aliphatic heterocycles. The molecule has 1 atom stereocenters. The molecule has 0 heterocycles. The lowest BCUT2D eigenvalue weighted by Gasteiger charge is -2.28. The minimum Gasteiger partial charge on any atom is -0.371 e. The average Bonchev–Trinajstić information content (AvgIpc) is 2.00. The van der Waals surface area contributed by atoms with Gasteiger partial charge in [0.2, 0.25) is 0 Å². The largest absolute Gasteiger partial charge is 0.371 e. The van der Waals surface area contributed by atoms with Gasteiger partial charge in [-0.05, 0) is 39.7 Å². The van der Waals surface area contributed by atoms with Gasteiger partial charge in [0.1, 0.15) is 0 Å². The highest BCUT2D eigenvalue weighted by atomic mass is 16.5. The number of nitrogens with one attached hydrogen (secondary N) is 1. The number of hydrogen-bond donors (Lipinski definition) is 1. The highest BCUT2D eigenvalue weighted by Gasteiger charge is 2.17. The molecule has 92 valence electrons. The summed E-state index contributed by atoms with van der Waals surface area (Å²) in [5.41, 5.74) is -0.0284. The lowest BCUT2D eigenvalue weighted by Crippen LogP contribution is -2.36. The molecule has 0 bridgehead atoms. The van der Waals surface area contributed by atoms with E-state index in [-0.39, 0.29) is 5.60 Å². The van der Waals surface area contributed by atoms with Crippen LogP contribution in [-0.2, 0) is 4.74 Å². The molecule has 0 radical (unpaired) electrons. The molecule has 0 spiro atoms. The van der Waals surface area contributed by atoms with Crippen LogP contribution in [0.3, 0.4) is 0 Å². The van der Waals surface area contributed by atoms with Crippen LogP contribution in [0, 0.1) is 5.92 Å². The van der Waals surface area contributed by atoms with E-state index in [1.165, 1.54) is 6.42 Å². The van der Waals surface area contributed by atoms with Gasteiger partial charge in [0.15, 0.2) is 0 Å². The predicted octanol–water partition coefficient (Wildman–Crippen LogP) is 3.22. The molecule has 2 nitrogen and oxygen atoms in total. The second-order valence-electron chi connectivity index (χ2n) is 5.69. The van der Waals surface area contributed by atoms with Crippen molar-refractivity contribution in [1.82, 2.24) is 5.32 Å². The highest BCUT2D eigenvalue weighted by molar-refractivity contribution is 4.68. The molecule has 0 amide bonds. The van der Waals surface area contributed by atoms with Crippen molar-refractivity contribution in [3.05, 3.63) is 0 Å². The van der Waals surface area contributed by atoms with Crippen molar-refractivity contribution in [3.8, 4) is 0 Å². The summed E-state index contributed by atoms with van der Waals surface area (Å²) in [6.45, 7) is 15.1. The van der Waals surface area contributed by atoms with E-state index in [0.717, 1.165) is 19.5 Å². The van der Waals surface area contributed by atoms with Gasteiger partial charge in [-0.1, -0.05) is 27.2 Å². The first kappa shape index (κ1) is 14.9. The first-order valence-electron chi connectivity index (χ1n) is 6.23. The van der Waals surface area contributed by atoms with Gasteiger partial charge in [-0.15, -0.1) is 0 Å². The lowest BCUT2D eigenvalue weighted by molar-refractivity contribution is -0.0619. The molecule has 0 saturated carbocycles. The second-order valence-corrected chi connectivity index (χ2v) is 5.69. The van der Waals surface area contributed by atoms with Crippen molar-refractivity contribution in [3.63, 3.8) is 0 Å². The Hall–Kier alpha value is -0.0800. The third-order valence-corrected chi connectivity index (χ3v) is 2.06. The quantitative estimate of drug-likeness (QED) is 0.704. The highest BCUT2D eigenvalue weighted by Crippen LogP contribution is 2.13. The van der Waals surface area contributed by atoms with Gasteiger partial charge >= 0.3 is 0 Å². The standard InChI is InChI=1S/C13H29NO/c1-7-8-12(15-13(4,5)6)10-14-9-11(2)3/h11-12,14H,7-10H2,1-6H3. The summed E-state index contributed by atoms with van der Waals surface area (Å²) in [6, 6.07) is 0. The van der Waals surface area contributed by atoms with Crippen molar-refractivity contribution in [2.45, 2.75) is 66.1 Å². The van der Waals surface area contributed by atoms with Crippen LogP contribution in [0.15, 0.2) is 0 Å². The van der Waals surface area contributed by atoms with Gasteiger partial charge in [-0.25, -0.2) is 0 Å². The molecule has 1 N–H and O–H groups in total. The van der Waals surface area contributed by atoms with Crippen LogP contribution in [0.1, 0.15) is 54.4 Å². The third-order valence-electron chi connectivity index (χ3n) is 2.06. The van der Waals surface area contributed by atoms with Gasteiger partial charge in [-0.3, -0.25) is 0 Å². The Morgan fingerprint density at radius 3 is 2.13 bits per heavy atom. The van der Waals surface area contributed by atoms with E-state index in [1.807, 2.05) is 0 Å². The summed E-state index contributed by atoms with van der Waals surface area (Å²) in [7, 11) is 0. The van der Waals surface area contributed by atoms with Crippen LogP contribution < -0.4 is 5.32 Å². The molecule has 0 aromatic heterocycles. The van der Waals surface area contributed by atoms with Crippen LogP contribution in [0.2, 0.25) is 0 Å². The van der Waals surface area contributed by atoms with Crippen molar-refractivity contribution in [1.29, 1.82) is 0 Å². The van der Waals surface area contributed by atoms with Crippen LogP contribution >= 0.6 is 0 Å². The molecule has 0 aliphatic carbocycles. The second kappa shape index (κ2) is 7.24. The van der Waals surface area contributed by atoms with Crippen LogP contribution in [-0.4, -0.2) is 24.8 Å². The molecule has 0 aromatic rings. The molecule has 0 fully saturated rings. The van der Waals surface area contributed by atoms with E-state index in [9.17, 15) is 0 Å². The van der Waals surface area contributed by atoms with E-state index in [1.54, 1.807) is 0 Å². The zero-order valence-corrected chi connectivity index (χ0v) is 11.4. The maximum Gasteiger partial charge on any atom is 0.0706 e. The van der Waals surface area contributed by atoms with Crippen LogP contribution in [0.4, 0.5) is 0 Å². The lowest BCUT2D eigenvalue weighted by atomic mass is 10.1. The van der Waals surface area contributed by atoms with Crippen LogP contribution in [0.5, 0.6) is 0 Å². The topological polar surface area (TPSA) is 21.3 Å². The van der Waals surface area contributed by atoms with Gasteiger partial charge in [0, 0.05) is 6.54 Å². The molecule has 0 aromatic carbocycles. The van der Waals surface area contributed by atoms with Gasteiger partial charge in [0.25, 0.3) is 0 Å². The van der Waals surface area contributed by atoms with Gasteiger partial charge < -0.3 is 10.1 Å². The minimum absolute atomic E-state index is 0.0284. The number of hydrogen-bond acceptors (Lipinski definition) is 2. The molecule has 2 heteroatoms. The molecule has 15 heavy (non-hydrogen) atoms. The fourth-order valence-electron chi connectivity index (χ4n) is 1.56. The Kier molecular flexibility index (Phi) is 7.20. The summed E-state index contributed by atoms with van der Waals surface area (Å²) in [6.07, 6.45) is 2.68. The summed E-state index contributed by atoms with van der Waals surface area (Å²) in [5, 5.41) is 3.47. The molecular formula is C13H29NO. The van der Waals surface area contributed by atoms with Crippen molar-refractivity contribution in [2.24, 2.45) is 5.92 Å². The zero-order chi connectivity index (χ0) is 11.9. The van der Waals surface area contributed by atoms with Gasteiger partial charge in [0.05, 0.1) is 11.7 Å². The normalized spacial score (nSPS) is 14.6. The Bertz CT molecular complexity index is 149. The maximum absolute atomic E-state index is 6.00. The van der Waals surface area contributed by atoms with Crippen molar-refractivity contribution >= 4 is 0 Å².